The first-order valence-electron chi connectivity index (χ1n) is 12.4. The maximum Gasteiger partial charge on any atom is 0.261 e. The van der Waals surface area contributed by atoms with E-state index in [0.717, 1.165) is 27.6 Å². The number of ether oxygens (including phenoxy) is 1. The van der Waals surface area contributed by atoms with Crippen LogP contribution in [0.2, 0.25) is 5.02 Å². The van der Waals surface area contributed by atoms with Crippen molar-refractivity contribution in [1.29, 1.82) is 0 Å². The molecule has 0 fully saturated rings. The van der Waals surface area contributed by atoms with E-state index in [9.17, 15) is 9.59 Å². The van der Waals surface area contributed by atoms with Gasteiger partial charge in [0.1, 0.15) is 11.8 Å². The van der Waals surface area contributed by atoms with Crippen LogP contribution >= 0.6 is 27.5 Å². The molecule has 1 N–H and O–H groups in total. The van der Waals surface area contributed by atoms with Gasteiger partial charge >= 0.3 is 0 Å². The lowest BCUT2D eigenvalue weighted by molar-refractivity contribution is -0.143. The van der Waals surface area contributed by atoms with Crippen molar-refractivity contribution in [2.45, 2.75) is 58.7 Å². The first-order chi connectivity index (χ1) is 17.6. The molecule has 1 atom stereocenters. The van der Waals surface area contributed by atoms with Crippen molar-refractivity contribution in [3.05, 3.63) is 99.0 Å². The summed E-state index contributed by atoms with van der Waals surface area (Å²) in [5.74, 6) is 0.0781. The molecule has 0 bridgehead atoms. The Morgan fingerprint density at radius 3 is 2.22 bits per heavy atom. The van der Waals surface area contributed by atoms with E-state index in [2.05, 4.69) is 28.2 Å². The summed E-state index contributed by atoms with van der Waals surface area (Å²) >= 11 is 9.63. The van der Waals surface area contributed by atoms with Gasteiger partial charge in [0.2, 0.25) is 5.91 Å². The summed E-state index contributed by atoms with van der Waals surface area (Å²) in [6, 6.07) is 22.1. The molecule has 0 spiro atoms. The Labute approximate surface area is 233 Å². The van der Waals surface area contributed by atoms with Crippen LogP contribution in [-0.4, -0.2) is 34.9 Å². The fourth-order valence-corrected chi connectivity index (χ4v) is 4.56. The van der Waals surface area contributed by atoms with Crippen molar-refractivity contribution in [3.63, 3.8) is 0 Å². The Hall–Kier alpha value is -2.83. The van der Waals surface area contributed by atoms with Crippen LogP contribution in [0.3, 0.4) is 0 Å². The number of carbonyl (C=O) groups is 2. The van der Waals surface area contributed by atoms with Crippen molar-refractivity contribution < 1.29 is 14.3 Å². The molecule has 0 saturated carbocycles. The van der Waals surface area contributed by atoms with E-state index in [4.69, 9.17) is 16.3 Å². The summed E-state index contributed by atoms with van der Waals surface area (Å²) < 4.78 is 6.71. The Bertz CT molecular complexity index is 1190. The summed E-state index contributed by atoms with van der Waals surface area (Å²) in [4.78, 5) is 28.9. The van der Waals surface area contributed by atoms with Gasteiger partial charge in [-0.05, 0) is 84.1 Å². The third-order valence-electron chi connectivity index (χ3n) is 5.79. The minimum Gasteiger partial charge on any atom is -0.483 e. The monoisotopic (exact) mass is 584 g/mol. The quantitative estimate of drug-likeness (QED) is 0.292. The fourth-order valence-electron chi connectivity index (χ4n) is 3.90. The first-order valence-corrected chi connectivity index (χ1v) is 13.5. The second kappa shape index (κ2) is 13.1. The molecule has 0 aliphatic carbocycles. The molecule has 5 nitrogen and oxygen atoms in total. The van der Waals surface area contributed by atoms with Crippen molar-refractivity contribution in [3.8, 4) is 5.75 Å². The van der Waals surface area contributed by atoms with Gasteiger partial charge < -0.3 is 15.0 Å². The lowest BCUT2D eigenvalue weighted by atomic mass is 10.0. The summed E-state index contributed by atoms with van der Waals surface area (Å²) in [5.41, 5.74) is 2.54. The number of hydrogen-bond donors (Lipinski definition) is 1. The number of nitrogens with zero attached hydrogens (tertiary/aromatic N) is 1. The van der Waals surface area contributed by atoms with Crippen LogP contribution in [0.15, 0.2) is 77.3 Å². The molecule has 0 aromatic heterocycles. The van der Waals surface area contributed by atoms with Crippen LogP contribution < -0.4 is 10.1 Å². The average molecular weight is 586 g/mol. The standard InChI is InChI=1S/C30H34BrClN2O3/c1-5-21-13-16-27(25(31)17-21)37-20-28(35)34(19-23-11-14-24(32)15-12-23)26(29(36)33-30(2,3)4)18-22-9-7-6-8-10-22/h6-17,26H,5,18-20H2,1-4H3,(H,33,36). The molecule has 7 heteroatoms. The molecule has 2 amide bonds. The van der Waals surface area contributed by atoms with Gasteiger partial charge in [-0.15, -0.1) is 0 Å². The lowest BCUT2D eigenvalue weighted by Crippen LogP contribution is -2.55. The van der Waals surface area contributed by atoms with E-state index in [0.29, 0.717) is 17.2 Å². The molecule has 37 heavy (non-hydrogen) atoms. The van der Waals surface area contributed by atoms with E-state index in [1.54, 1.807) is 17.0 Å². The zero-order chi connectivity index (χ0) is 27.0. The number of hydrogen-bond acceptors (Lipinski definition) is 3. The summed E-state index contributed by atoms with van der Waals surface area (Å²) in [6.07, 6.45) is 1.27. The number of carbonyl (C=O) groups excluding carboxylic acids is 2. The average Bonchev–Trinajstić information content (AvgIpc) is 2.85. The highest BCUT2D eigenvalue weighted by Gasteiger charge is 2.32. The van der Waals surface area contributed by atoms with E-state index < -0.39 is 11.6 Å². The zero-order valence-electron chi connectivity index (χ0n) is 21.8. The SMILES string of the molecule is CCc1ccc(OCC(=O)N(Cc2ccc(Cl)cc2)C(Cc2ccccc2)C(=O)NC(C)(C)C)c(Br)c1. The number of halogens is 2. The second-order valence-electron chi connectivity index (χ2n) is 10.00. The molecule has 3 aromatic rings. The predicted octanol–water partition coefficient (Wildman–Crippen LogP) is 6.60. The van der Waals surface area contributed by atoms with Crippen LogP contribution in [-0.2, 0) is 29.0 Å². The number of aryl methyl sites for hydroxylation is 1. The summed E-state index contributed by atoms with van der Waals surface area (Å²) in [7, 11) is 0. The van der Waals surface area contributed by atoms with Gasteiger partial charge in [0.05, 0.1) is 4.47 Å². The molecular weight excluding hydrogens is 552 g/mol. The third kappa shape index (κ3) is 8.90. The maximum atomic E-state index is 13.7. The Kier molecular flexibility index (Phi) is 10.2. The minimum atomic E-state index is -0.737. The Morgan fingerprint density at radius 2 is 1.62 bits per heavy atom. The molecule has 0 heterocycles. The van der Waals surface area contributed by atoms with E-state index in [1.165, 1.54) is 0 Å². The van der Waals surface area contributed by atoms with Crippen molar-refractivity contribution in [2.75, 3.05) is 6.61 Å². The third-order valence-corrected chi connectivity index (χ3v) is 6.66. The normalized spacial score (nSPS) is 12.1. The van der Waals surface area contributed by atoms with Gasteiger partial charge in [0.25, 0.3) is 5.91 Å². The number of rotatable bonds is 10. The molecule has 0 aliphatic rings. The fraction of sp³-hybridized carbons (Fsp3) is 0.333. The highest BCUT2D eigenvalue weighted by atomic mass is 79.9. The number of nitrogens with one attached hydrogen (secondary N) is 1. The number of amides is 2. The zero-order valence-corrected chi connectivity index (χ0v) is 24.1. The van der Waals surface area contributed by atoms with Crippen molar-refractivity contribution >= 4 is 39.3 Å². The molecule has 3 rings (SSSR count). The van der Waals surface area contributed by atoms with Crippen LogP contribution in [0.25, 0.3) is 0 Å². The van der Waals surface area contributed by atoms with Gasteiger partial charge in [-0.25, -0.2) is 0 Å². The largest absolute Gasteiger partial charge is 0.483 e. The minimum absolute atomic E-state index is 0.203. The van der Waals surface area contributed by atoms with Crippen LogP contribution in [0.1, 0.15) is 44.4 Å². The van der Waals surface area contributed by atoms with Gasteiger partial charge in [-0.3, -0.25) is 9.59 Å². The molecule has 196 valence electrons. The van der Waals surface area contributed by atoms with E-state index in [1.807, 2.05) is 81.4 Å². The van der Waals surface area contributed by atoms with Crippen LogP contribution in [0, 0.1) is 0 Å². The van der Waals surface area contributed by atoms with Gasteiger partial charge in [0, 0.05) is 23.5 Å². The molecule has 3 aromatic carbocycles. The van der Waals surface area contributed by atoms with Gasteiger partial charge in [-0.1, -0.05) is 67.1 Å². The molecular formula is C30H34BrClN2O3. The molecule has 1 unspecified atom stereocenters. The molecule has 0 radical (unpaired) electrons. The van der Waals surface area contributed by atoms with E-state index in [-0.39, 0.29) is 25.0 Å². The summed E-state index contributed by atoms with van der Waals surface area (Å²) in [6.45, 7) is 7.90. The van der Waals surface area contributed by atoms with Gasteiger partial charge in [-0.2, -0.15) is 0 Å². The topological polar surface area (TPSA) is 58.6 Å². The first kappa shape index (κ1) is 28.7. The lowest BCUT2D eigenvalue weighted by Gasteiger charge is -2.33. The second-order valence-corrected chi connectivity index (χ2v) is 11.3. The smallest absolute Gasteiger partial charge is 0.261 e. The maximum absolute atomic E-state index is 13.7. The van der Waals surface area contributed by atoms with Crippen molar-refractivity contribution in [1.82, 2.24) is 10.2 Å². The van der Waals surface area contributed by atoms with Crippen LogP contribution in [0.5, 0.6) is 5.75 Å². The Balaban J connectivity index is 1.92. The Morgan fingerprint density at radius 1 is 0.973 bits per heavy atom. The highest BCUT2D eigenvalue weighted by molar-refractivity contribution is 9.10. The highest BCUT2D eigenvalue weighted by Crippen LogP contribution is 2.26. The molecule has 0 saturated heterocycles. The number of benzene rings is 3. The van der Waals surface area contributed by atoms with Gasteiger partial charge in [0.15, 0.2) is 6.61 Å². The van der Waals surface area contributed by atoms with Crippen molar-refractivity contribution in [2.24, 2.45) is 0 Å². The van der Waals surface area contributed by atoms with E-state index >= 15 is 0 Å². The summed E-state index contributed by atoms with van der Waals surface area (Å²) in [5, 5.41) is 3.67. The molecule has 0 aliphatic heterocycles. The predicted molar refractivity (Wildman–Crippen MR) is 153 cm³/mol. The van der Waals surface area contributed by atoms with Crippen LogP contribution in [0.4, 0.5) is 0 Å².